The summed E-state index contributed by atoms with van der Waals surface area (Å²) >= 11 is 2.05. The maximum Gasteiger partial charge on any atom is 0.0473 e. The molecule has 1 saturated heterocycles. The van der Waals surface area contributed by atoms with Gasteiger partial charge >= 0.3 is 0 Å². The van der Waals surface area contributed by atoms with Gasteiger partial charge in [-0.25, -0.2) is 0 Å². The fourth-order valence-corrected chi connectivity index (χ4v) is 3.43. The molecule has 94 valence electrons. The Morgan fingerprint density at radius 3 is 2.65 bits per heavy atom. The molecule has 0 radical (unpaired) electrons. The first kappa shape index (κ1) is 12.9. The van der Waals surface area contributed by atoms with Gasteiger partial charge in [-0.1, -0.05) is 18.2 Å². The molecule has 2 nitrogen and oxygen atoms in total. The van der Waals surface area contributed by atoms with Gasteiger partial charge in [0.25, 0.3) is 0 Å². The molecule has 1 fully saturated rings. The molecule has 3 heteroatoms. The molecule has 1 heterocycles. The van der Waals surface area contributed by atoms with E-state index in [1.807, 2.05) is 11.8 Å². The Morgan fingerprint density at radius 1 is 1.29 bits per heavy atom. The van der Waals surface area contributed by atoms with Crippen molar-refractivity contribution in [3.63, 3.8) is 0 Å². The minimum Gasteiger partial charge on any atom is -0.329 e. The van der Waals surface area contributed by atoms with E-state index in [1.165, 1.54) is 41.3 Å². The topological polar surface area (TPSA) is 29.3 Å². The van der Waals surface area contributed by atoms with Crippen LogP contribution in [-0.2, 0) is 0 Å². The molecule has 1 aliphatic heterocycles. The lowest BCUT2D eigenvalue weighted by Gasteiger charge is -2.34. The van der Waals surface area contributed by atoms with Gasteiger partial charge < -0.3 is 5.73 Å². The van der Waals surface area contributed by atoms with Crippen LogP contribution in [0.3, 0.4) is 0 Å². The molecule has 1 aromatic rings. The van der Waals surface area contributed by atoms with Crippen LogP contribution in [0.15, 0.2) is 18.2 Å². The van der Waals surface area contributed by atoms with E-state index in [9.17, 15) is 0 Å². The van der Waals surface area contributed by atoms with Crippen LogP contribution in [0, 0.1) is 13.8 Å². The van der Waals surface area contributed by atoms with Crippen LogP contribution in [0.25, 0.3) is 0 Å². The molecule has 1 aliphatic rings. The molecule has 0 aromatic heterocycles. The highest BCUT2D eigenvalue weighted by atomic mass is 32.2. The van der Waals surface area contributed by atoms with E-state index in [-0.39, 0.29) is 0 Å². The smallest absolute Gasteiger partial charge is 0.0473 e. The fraction of sp³-hybridized carbons (Fsp3) is 0.571. The number of benzene rings is 1. The first-order chi connectivity index (χ1) is 8.24. The molecule has 1 aromatic carbocycles. The van der Waals surface area contributed by atoms with E-state index in [1.54, 1.807) is 0 Å². The maximum atomic E-state index is 6.01. The molecule has 2 N–H and O–H groups in total. The normalized spacial score (nSPS) is 19.2. The Kier molecular flexibility index (Phi) is 4.48. The largest absolute Gasteiger partial charge is 0.329 e. The zero-order valence-electron chi connectivity index (χ0n) is 10.8. The molecule has 0 saturated carbocycles. The van der Waals surface area contributed by atoms with Crippen molar-refractivity contribution in [2.24, 2.45) is 5.73 Å². The van der Waals surface area contributed by atoms with Crippen LogP contribution in [0.1, 0.15) is 22.7 Å². The second-order valence-electron chi connectivity index (χ2n) is 4.69. The lowest BCUT2D eigenvalue weighted by Crippen LogP contribution is -2.39. The van der Waals surface area contributed by atoms with E-state index >= 15 is 0 Å². The average molecular weight is 250 g/mol. The van der Waals surface area contributed by atoms with Crippen molar-refractivity contribution in [2.45, 2.75) is 19.9 Å². The van der Waals surface area contributed by atoms with Gasteiger partial charge in [0.1, 0.15) is 0 Å². The van der Waals surface area contributed by atoms with Gasteiger partial charge in [0.2, 0.25) is 0 Å². The van der Waals surface area contributed by atoms with Gasteiger partial charge in [0, 0.05) is 37.2 Å². The molecular formula is C14H22N2S. The predicted octanol–water partition coefficient (Wildman–Crippen LogP) is 2.35. The minimum atomic E-state index is 0.399. The molecule has 0 aliphatic carbocycles. The summed E-state index contributed by atoms with van der Waals surface area (Å²) in [6.45, 7) is 7.44. The number of hydrogen-bond acceptors (Lipinski definition) is 3. The van der Waals surface area contributed by atoms with E-state index in [0.29, 0.717) is 6.04 Å². The lowest BCUT2D eigenvalue weighted by molar-refractivity contribution is 0.222. The van der Waals surface area contributed by atoms with Crippen molar-refractivity contribution in [1.29, 1.82) is 0 Å². The van der Waals surface area contributed by atoms with E-state index < -0.39 is 0 Å². The Labute approximate surface area is 109 Å². The van der Waals surface area contributed by atoms with Crippen molar-refractivity contribution in [1.82, 2.24) is 4.90 Å². The predicted molar refractivity (Wildman–Crippen MR) is 76.6 cm³/mol. The zero-order chi connectivity index (χ0) is 12.3. The molecular weight excluding hydrogens is 228 g/mol. The van der Waals surface area contributed by atoms with E-state index in [2.05, 4.69) is 36.9 Å². The number of nitrogens with two attached hydrogens (primary N) is 1. The second kappa shape index (κ2) is 5.89. The number of hydrogen-bond donors (Lipinski definition) is 1. The fourth-order valence-electron chi connectivity index (χ4n) is 2.50. The molecule has 17 heavy (non-hydrogen) atoms. The van der Waals surface area contributed by atoms with Gasteiger partial charge in [-0.2, -0.15) is 11.8 Å². The molecule has 2 rings (SSSR count). The summed E-state index contributed by atoms with van der Waals surface area (Å²) < 4.78 is 0. The van der Waals surface area contributed by atoms with Crippen LogP contribution < -0.4 is 5.73 Å². The lowest BCUT2D eigenvalue weighted by atomic mass is 9.96. The summed E-state index contributed by atoms with van der Waals surface area (Å²) in [6.07, 6.45) is 0. The highest BCUT2D eigenvalue weighted by Crippen LogP contribution is 2.27. The Bertz CT molecular complexity index is 372. The second-order valence-corrected chi connectivity index (χ2v) is 5.91. The number of aryl methyl sites for hydroxylation is 1. The Balaban J connectivity index is 2.24. The summed E-state index contributed by atoms with van der Waals surface area (Å²) in [5.74, 6) is 2.47. The SMILES string of the molecule is Cc1cccc(C(CN)N2CCSCC2)c1C. The number of rotatable bonds is 3. The number of nitrogens with zero attached hydrogens (tertiary/aromatic N) is 1. The Morgan fingerprint density at radius 2 is 2.00 bits per heavy atom. The third-order valence-electron chi connectivity index (χ3n) is 3.72. The summed E-state index contributed by atoms with van der Waals surface area (Å²) in [5, 5.41) is 0. The van der Waals surface area contributed by atoms with E-state index in [4.69, 9.17) is 5.73 Å². The van der Waals surface area contributed by atoms with Crippen LogP contribution in [-0.4, -0.2) is 36.0 Å². The maximum absolute atomic E-state index is 6.01. The van der Waals surface area contributed by atoms with Crippen molar-refractivity contribution in [2.75, 3.05) is 31.1 Å². The van der Waals surface area contributed by atoms with Crippen molar-refractivity contribution in [3.05, 3.63) is 34.9 Å². The first-order valence-electron chi connectivity index (χ1n) is 6.32. The molecule has 0 amide bonds. The third kappa shape index (κ3) is 2.84. The Hall–Kier alpha value is -0.510. The van der Waals surface area contributed by atoms with Gasteiger partial charge in [0.15, 0.2) is 0 Å². The zero-order valence-corrected chi connectivity index (χ0v) is 11.6. The van der Waals surface area contributed by atoms with Crippen LogP contribution in [0.4, 0.5) is 0 Å². The first-order valence-corrected chi connectivity index (χ1v) is 7.47. The molecule has 1 unspecified atom stereocenters. The quantitative estimate of drug-likeness (QED) is 0.893. The molecule has 1 atom stereocenters. The minimum absolute atomic E-state index is 0.399. The van der Waals surface area contributed by atoms with Gasteiger partial charge in [-0.3, -0.25) is 4.90 Å². The monoisotopic (exact) mass is 250 g/mol. The standard InChI is InChI=1S/C14H22N2S/c1-11-4-3-5-13(12(11)2)14(10-15)16-6-8-17-9-7-16/h3-5,14H,6-10,15H2,1-2H3. The average Bonchev–Trinajstić information content (AvgIpc) is 2.37. The molecule has 0 spiro atoms. The van der Waals surface area contributed by atoms with Crippen molar-refractivity contribution >= 4 is 11.8 Å². The van der Waals surface area contributed by atoms with E-state index in [0.717, 1.165) is 6.54 Å². The third-order valence-corrected chi connectivity index (χ3v) is 4.66. The van der Waals surface area contributed by atoms with Crippen LogP contribution >= 0.6 is 11.8 Å². The summed E-state index contributed by atoms with van der Waals surface area (Å²) in [7, 11) is 0. The highest BCUT2D eigenvalue weighted by molar-refractivity contribution is 7.99. The number of thioether (sulfide) groups is 1. The summed E-state index contributed by atoms with van der Waals surface area (Å²) in [6, 6.07) is 6.97. The van der Waals surface area contributed by atoms with Crippen molar-refractivity contribution in [3.8, 4) is 0 Å². The van der Waals surface area contributed by atoms with Gasteiger partial charge in [-0.15, -0.1) is 0 Å². The van der Waals surface area contributed by atoms with Crippen molar-refractivity contribution < 1.29 is 0 Å². The summed E-state index contributed by atoms with van der Waals surface area (Å²) in [5.41, 5.74) is 10.2. The van der Waals surface area contributed by atoms with Gasteiger partial charge in [0.05, 0.1) is 0 Å². The van der Waals surface area contributed by atoms with Crippen LogP contribution in [0.2, 0.25) is 0 Å². The highest BCUT2D eigenvalue weighted by Gasteiger charge is 2.22. The molecule has 0 bridgehead atoms. The summed E-state index contributed by atoms with van der Waals surface area (Å²) in [4.78, 5) is 2.54. The van der Waals surface area contributed by atoms with Crippen LogP contribution in [0.5, 0.6) is 0 Å². The van der Waals surface area contributed by atoms with Gasteiger partial charge in [-0.05, 0) is 30.5 Å².